The monoisotopic (exact) mass is 295 g/mol. The first kappa shape index (κ1) is 15.9. The molecule has 1 aliphatic rings. The lowest BCUT2D eigenvalue weighted by Crippen LogP contribution is -2.28. The Hall–Kier alpha value is -1.43. The van der Waals surface area contributed by atoms with E-state index in [2.05, 4.69) is 15.5 Å². The molecule has 118 valence electrons. The van der Waals surface area contributed by atoms with Gasteiger partial charge in [0.15, 0.2) is 0 Å². The maximum absolute atomic E-state index is 10.9. The van der Waals surface area contributed by atoms with E-state index < -0.39 is 5.97 Å². The molecule has 2 N–H and O–H groups in total. The Balaban J connectivity index is 1.71. The zero-order chi connectivity index (χ0) is 15.5. The number of hydrogen-bond acceptors (Lipinski definition) is 5. The van der Waals surface area contributed by atoms with Gasteiger partial charge in [-0.15, -0.1) is 10.2 Å². The number of carboxylic acid groups (broad SMARTS) is 1. The topological polar surface area (TPSA) is 88.2 Å². The summed E-state index contributed by atoms with van der Waals surface area (Å²) in [5.41, 5.74) is -0.125. The van der Waals surface area contributed by atoms with Gasteiger partial charge in [0.05, 0.1) is 12.5 Å². The highest BCUT2D eigenvalue weighted by atomic mass is 16.4. The summed E-state index contributed by atoms with van der Waals surface area (Å²) in [6.07, 6.45) is 3.52. The molecular formula is C15H25N3O3. The van der Waals surface area contributed by atoms with Crippen LogP contribution in [0.25, 0.3) is 0 Å². The molecule has 0 aromatic carbocycles. The first-order chi connectivity index (χ1) is 9.86. The molecule has 2 rings (SSSR count). The van der Waals surface area contributed by atoms with Crippen molar-refractivity contribution in [2.45, 2.75) is 58.4 Å². The first-order valence-electron chi connectivity index (χ1n) is 7.62. The summed E-state index contributed by atoms with van der Waals surface area (Å²) in [6.45, 7) is 7.57. The third-order valence-corrected chi connectivity index (χ3v) is 4.01. The lowest BCUT2D eigenvalue weighted by molar-refractivity contribution is -0.143. The molecule has 6 nitrogen and oxygen atoms in total. The lowest BCUT2D eigenvalue weighted by atomic mass is 9.82. The van der Waals surface area contributed by atoms with Gasteiger partial charge >= 0.3 is 5.97 Å². The Labute approximate surface area is 125 Å². The van der Waals surface area contributed by atoms with Crippen LogP contribution in [0.5, 0.6) is 0 Å². The maximum atomic E-state index is 10.9. The van der Waals surface area contributed by atoms with Gasteiger partial charge in [-0.1, -0.05) is 20.8 Å². The second kappa shape index (κ2) is 6.56. The van der Waals surface area contributed by atoms with E-state index in [0.29, 0.717) is 24.2 Å². The number of rotatable bonds is 5. The van der Waals surface area contributed by atoms with E-state index in [1.54, 1.807) is 0 Å². The van der Waals surface area contributed by atoms with Gasteiger partial charge < -0.3 is 14.8 Å². The molecule has 0 bridgehead atoms. The Bertz CT molecular complexity index is 471. The Morgan fingerprint density at radius 2 is 1.95 bits per heavy atom. The van der Waals surface area contributed by atoms with E-state index in [1.165, 1.54) is 0 Å². The minimum absolute atomic E-state index is 0.125. The smallest absolute Gasteiger partial charge is 0.306 e. The second-order valence-corrected chi connectivity index (χ2v) is 6.94. The van der Waals surface area contributed by atoms with Crippen LogP contribution in [0.2, 0.25) is 0 Å². The van der Waals surface area contributed by atoms with Crippen LogP contribution in [0.3, 0.4) is 0 Å². The SMILES string of the molecule is CC(C)(C)c1nnc(CNCC2CCC(C(=O)O)CC2)o1. The molecule has 1 fully saturated rings. The van der Waals surface area contributed by atoms with Gasteiger partial charge in [-0.3, -0.25) is 4.79 Å². The fourth-order valence-electron chi connectivity index (χ4n) is 2.62. The molecule has 21 heavy (non-hydrogen) atoms. The van der Waals surface area contributed by atoms with Gasteiger partial charge in [0.2, 0.25) is 11.8 Å². The standard InChI is InChI=1S/C15H25N3O3/c1-15(2,3)14-18-17-12(21-14)9-16-8-10-4-6-11(7-5-10)13(19)20/h10-11,16H,4-9H2,1-3H3,(H,19,20). The highest BCUT2D eigenvalue weighted by molar-refractivity contribution is 5.69. The number of aliphatic carboxylic acids is 1. The average molecular weight is 295 g/mol. The summed E-state index contributed by atoms with van der Waals surface area (Å²) in [7, 11) is 0. The van der Waals surface area contributed by atoms with Crippen LogP contribution in [0.15, 0.2) is 4.42 Å². The Morgan fingerprint density at radius 3 is 2.48 bits per heavy atom. The van der Waals surface area contributed by atoms with Crippen LogP contribution in [0.1, 0.15) is 58.2 Å². The van der Waals surface area contributed by atoms with E-state index in [-0.39, 0.29) is 11.3 Å². The molecule has 0 saturated heterocycles. The summed E-state index contributed by atoms with van der Waals surface area (Å²) < 4.78 is 5.62. The highest BCUT2D eigenvalue weighted by Gasteiger charge is 2.26. The number of hydrogen-bond donors (Lipinski definition) is 2. The molecule has 0 amide bonds. The van der Waals surface area contributed by atoms with Crippen molar-refractivity contribution < 1.29 is 14.3 Å². The number of nitrogens with one attached hydrogen (secondary N) is 1. The van der Waals surface area contributed by atoms with E-state index in [0.717, 1.165) is 32.2 Å². The molecular weight excluding hydrogens is 270 g/mol. The molecule has 1 saturated carbocycles. The number of carboxylic acids is 1. The minimum atomic E-state index is -0.651. The molecule has 0 spiro atoms. The zero-order valence-corrected chi connectivity index (χ0v) is 13.1. The molecule has 1 heterocycles. The molecule has 1 aromatic heterocycles. The van der Waals surface area contributed by atoms with E-state index in [9.17, 15) is 4.79 Å². The van der Waals surface area contributed by atoms with Crippen LogP contribution >= 0.6 is 0 Å². The van der Waals surface area contributed by atoms with Crippen molar-refractivity contribution >= 4 is 5.97 Å². The predicted octanol–water partition coefficient (Wildman–Crippen LogP) is 2.35. The fourth-order valence-corrected chi connectivity index (χ4v) is 2.62. The van der Waals surface area contributed by atoms with Gasteiger partial charge in [0, 0.05) is 5.41 Å². The van der Waals surface area contributed by atoms with Crippen LogP contribution in [-0.2, 0) is 16.8 Å². The van der Waals surface area contributed by atoms with E-state index in [4.69, 9.17) is 9.52 Å². The maximum Gasteiger partial charge on any atom is 0.306 e. The lowest BCUT2D eigenvalue weighted by Gasteiger charge is -2.26. The number of carbonyl (C=O) groups is 1. The van der Waals surface area contributed by atoms with Crippen molar-refractivity contribution in [2.75, 3.05) is 6.54 Å². The van der Waals surface area contributed by atoms with E-state index in [1.807, 2.05) is 20.8 Å². The Morgan fingerprint density at radius 1 is 1.29 bits per heavy atom. The normalized spacial score (nSPS) is 23.2. The molecule has 1 aliphatic carbocycles. The number of nitrogens with zero attached hydrogens (tertiary/aromatic N) is 2. The van der Waals surface area contributed by atoms with Crippen molar-refractivity contribution in [2.24, 2.45) is 11.8 Å². The predicted molar refractivity (Wildman–Crippen MR) is 77.8 cm³/mol. The van der Waals surface area contributed by atoms with Crippen molar-refractivity contribution in [3.63, 3.8) is 0 Å². The molecule has 0 radical (unpaired) electrons. The quantitative estimate of drug-likeness (QED) is 0.867. The fraction of sp³-hybridized carbons (Fsp3) is 0.800. The first-order valence-corrected chi connectivity index (χ1v) is 7.62. The van der Waals surface area contributed by atoms with Crippen molar-refractivity contribution in [1.82, 2.24) is 15.5 Å². The van der Waals surface area contributed by atoms with Crippen LogP contribution < -0.4 is 5.32 Å². The summed E-state index contributed by atoms with van der Waals surface area (Å²) in [6, 6.07) is 0. The van der Waals surface area contributed by atoms with Gasteiger partial charge in [-0.2, -0.15) is 0 Å². The van der Waals surface area contributed by atoms with Gasteiger partial charge in [-0.25, -0.2) is 0 Å². The minimum Gasteiger partial charge on any atom is -0.481 e. The highest BCUT2D eigenvalue weighted by Crippen LogP contribution is 2.28. The number of aromatic nitrogens is 2. The van der Waals surface area contributed by atoms with Crippen molar-refractivity contribution in [1.29, 1.82) is 0 Å². The summed E-state index contributed by atoms with van der Waals surface area (Å²) in [4.78, 5) is 10.9. The summed E-state index contributed by atoms with van der Waals surface area (Å²) in [5, 5.41) is 20.4. The molecule has 6 heteroatoms. The third kappa shape index (κ3) is 4.52. The van der Waals surface area contributed by atoms with Crippen molar-refractivity contribution in [3.05, 3.63) is 11.8 Å². The average Bonchev–Trinajstić information content (AvgIpc) is 2.88. The van der Waals surface area contributed by atoms with Crippen LogP contribution in [0, 0.1) is 11.8 Å². The second-order valence-electron chi connectivity index (χ2n) is 6.94. The largest absolute Gasteiger partial charge is 0.481 e. The summed E-state index contributed by atoms with van der Waals surface area (Å²) in [5.74, 6) is 1.01. The molecule has 0 atom stereocenters. The van der Waals surface area contributed by atoms with Gasteiger partial charge in [-0.05, 0) is 38.1 Å². The molecule has 0 aliphatic heterocycles. The zero-order valence-electron chi connectivity index (χ0n) is 13.1. The van der Waals surface area contributed by atoms with Crippen LogP contribution in [0.4, 0.5) is 0 Å². The van der Waals surface area contributed by atoms with Gasteiger partial charge in [0.25, 0.3) is 0 Å². The van der Waals surface area contributed by atoms with Gasteiger partial charge in [0.1, 0.15) is 0 Å². The molecule has 0 unspecified atom stereocenters. The van der Waals surface area contributed by atoms with Crippen molar-refractivity contribution in [3.8, 4) is 0 Å². The molecule has 1 aromatic rings. The van der Waals surface area contributed by atoms with Crippen LogP contribution in [-0.4, -0.2) is 27.8 Å². The van der Waals surface area contributed by atoms with E-state index >= 15 is 0 Å². The third-order valence-electron chi connectivity index (χ3n) is 4.01. The Kier molecular flexibility index (Phi) is 4.98. The summed E-state index contributed by atoms with van der Waals surface area (Å²) >= 11 is 0.